The molecule has 0 heterocycles. The normalized spacial score (nSPS) is 11.8. The highest BCUT2D eigenvalue weighted by Gasteiger charge is 2.20. The van der Waals surface area contributed by atoms with Gasteiger partial charge in [-0.25, -0.2) is 4.79 Å². The maximum atomic E-state index is 11.8. The number of para-hydroxylation sites is 1. The fraction of sp³-hybridized carbons (Fsp3) is 0.632. The fourth-order valence-electron chi connectivity index (χ4n) is 2.71. The average molecular weight is 350 g/mol. The Balaban J connectivity index is 2.21. The van der Waals surface area contributed by atoms with Crippen LogP contribution in [-0.4, -0.2) is 17.6 Å². The number of hydrogen-bond acceptors (Lipinski definition) is 4. The first-order valence-electron chi connectivity index (χ1n) is 9.24. The summed E-state index contributed by atoms with van der Waals surface area (Å²) in [6, 6.07) is 6.31. The number of nitrogens with zero attached hydrogens (tertiary/aromatic N) is 1. The third kappa shape index (κ3) is 8.52. The minimum absolute atomic E-state index is 0.0362. The number of unbranched alkanes of at least 4 members (excludes halogenated alkanes) is 7. The van der Waals surface area contributed by atoms with Crippen molar-refractivity contribution in [1.82, 2.24) is 5.32 Å². The summed E-state index contributed by atoms with van der Waals surface area (Å²) in [4.78, 5) is 22.4. The van der Waals surface area contributed by atoms with Crippen LogP contribution in [0.25, 0.3) is 0 Å². The third-order valence-corrected chi connectivity index (χ3v) is 4.15. The number of nitrogens with one attached hydrogen (secondary N) is 1. The van der Waals surface area contributed by atoms with Crippen molar-refractivity contribution in [3.8, 4) is 0 Å². The van der Waals surface area contributed by atoms with Gasteiger partial charge in [0.15, 0.2) is 0 Å². The van der Waals surface area contributed by atoms with E-state index in [9.17, 15) is 14.9 Å². The molecule has 0 spiro atoms. The Morgan fingerprint density at radius 2 is 1.72 bits per heavy atom. The lowest BCUT2D eigenvalue weighted by atomic mass is 10.1. The Bertz CT molecular complexity index is 534. The van der Waals surface area contributed by atoms with Gasteiger partial charge in [0.1, 0.15) is 6.10 Å². The second-order valence-electron chi connectivity index (χ2n) is 6.27. The van der Waals surface area contributed by atoms with Crippen LogP contribution in [-0.2, 0) is 4.74 Å². The summed E-state index contributed by atoms with van der Waals surface area (Å²) in [7, 11) is 0. The predicted molar refractivity (Wildman–Crippen MR) is 98.6 cm³/mol. The first-order valence-corrected chi connectivity index (χ1v) is 9.24. The average Bonchev–Trinajstić information content (AvgIpc) is 2.60. The Hall–Kier alpha value is -2.11. The number of carbonyl (C=O) groups excluding carboxylic acids is 1. The number of ether oxygens (including phenoxy) is 1. The molecular weight excluding hydrogens is 320 g/mol. The third-order valence-electron chi connectivity index (χ3n) is 4.15. The molecule has 1 rings (SSSR count). The van der Waals surface area contributed by atoms with Gasteiger partial charge in [-0.15, -0.1) is 0 Å². The highest BCUT2D eigenvalue weighted by atomic mass is 16.6. The maximum absolute atomic E-state index is 11.8. The number of nitro benzene ring substituents is 1. The Morgan fingerprint density at radius 3 is 2.36 bits per heavy atom. The summed E-state index contributed by atoms with van der Waals surface area (Å²) in [5.74, 6) is 0. The minimum atomic E-state index is -0.667. The van der Waals surface area contributed by atoms with E-state index in [1.807, 2.05) is 0 Å². The summed E-state index contributed by atoms with van der Waals surface area (Å²) in [6.07, 6.45) is 8.41. The van der Waals surface area contributed by atoms with Gasteiger partial charge in [-0.05, 0) is 19.4 Å². The summed E-state index contributed by atoms with van der Waals surface area (Å²) >= 11 is 0. The van der Waals surface area contributed by atoms with Gasteiger partial charge in [0.25, 0.3) is 5.69 Å². The predicted octanol–water partition coefficient (Wildman–Crippen LogP) is 5.52. The van der Waals surface area contributed by atoms with Crippen LogP contribution < -0.4 is 5.32 Å². The van der Waals surface area contributed by atoms with Crippen LogP contribution in [0.5, 0.6) is 0 Å². The second-order valence-corrected chi connectivity index (χ2v) is 6.27. The molecule has 0 aliphatic rings. The van der Waals surface area contributed by atoms with Crippen molar-refractivity contribution in [2.45, 2.75) is 71.3 Å². The second kappa shape index (κ2) is 12.3. The molecular formula is C19H30N2O4. The standard InChI is InChI=1S/C19H30N2O4/c1-3-4-5-6-7-8-9-12-15-20-19(22)25-16(2)17-13-10-11-14-18(17)21(23)24/h10-11,13-14,16H,3-9,12,15H2,1-2H3,(H,20,22). The molecule has 1 N–H and O–H groups in total. The molecule has 140 valence electrons. The van der Waals surface area contributed by atoms with Gasteiger partial charge in [-0.3, -0.25) is 10.1 Å². The molecule has 1 aromatic carbocycles. The van der Waals surface area contributed by atoms with Crippen LogP contribution in [0.15, 0.2) is 24.3 Å². The van der Waals surface area contributed by atoms with Crippen molar-refractivity contribution in [3.63, 3.8) is 0 Å². The number of amides is 1. The summed E-state index contributed by atoms with van der Waals surface area (Å²) in [5.41, 5.74) is 0.362. The van der Waals surface area contributed by atoms with E-state index < -0.39 is 17.1 Å². The van der Waals surface area contributed by atoms with E-state index >= 15 is 0 Å². The van der Waals surface area contributed by atoms with Crippen molar-refractivity contribution in [1.29, 1.82) is 0 Å². The van der Waals surface area contributed by atoms with E-state index in [1.54, 1.807) is 25.1 Å². The van der Waals surface area contributed by atoms with E-state index in [0.29, 0.717) is 12.1 Å². The monoisotopic (exact) mass is 350 g/mol. The van der Waals surface area contributed by atoms with Gasteiger partial charge in [0.2, 0.25) is 0 Å². The number of rotatable bonds is 12. The van der Waals surface area contributed by atoms with Crippen LogP contribution in [0.3, 0.4) is 0 Å². The Morgan fingerprint density at radius 1 is 1.12 bits per heavy atom. The van der Waals surface area contributed by atoms with Gasteiger partial charge < -0.3 is 10.1 Å². The molecule has 1 aromatic rings. The number of nitro groups is 1. The number of benzene rings is 1. The van der Waals surface area contributed by atoms with E-state index in [0.717, 1.165) is 12.8 Å². The molecule has 1 amide bonds. The lowest BCUT2D eigenvalue weighted by molar-refractivity contribution is -0.386. The zero-order chi connectivity index (χ0) is 18.5. The lowest BCUT2D eigenvalue weighted by Crippen LogP contribution is -2.26. The van der Waals surface area contributed by atoms with E-state index in [2.05, 4.69) is 12.2 Å². The molecule has 0 radical (unpaired) electrons. The summed E-state index contributed by atoms with van der Waals surface area (Å²) < 4.78 is 5.24. The highest BCUT2D eigenvalue weighted by Crippen LogP contribution is 2.26. The molecule has 0 saturated heterocycles. The molecule has 0 fully saturated rings. The van der Waals surface area contributed by atoms with Crippen molar-refractivity contribution in [2.75, 3.05) is 6.54 Å². The van der Waals surface area contributed by atoms with Crippen LogP contribution in [0, 0.1) is 10.1 Å². The first kappa shape index (κ1) is 20.9. The van der Waals surface area contributed by atoms with Crippen LogP contribution in [0.1, 0.15) is 76.9 Å². The van der Waals surface area contributed by atoms with Gasteiger partial charge in [0, 0.05) is 12.6 Å². The molecule has 1 atom stereocenters. The molecule has 25 heavy (non-hydrogen) atoms. The zero-order valence-corrected chi connectivity index (χ0v) is 15.3. The van der Waals surface area contributed by atoms with Crippen molar-refractivity contribution < 1.29 is 14.5 Å². The van der Waals surface area contributed by atoms with Crippen LogP contribution in [0.2, 0.25) is 0 Å². The van der Waals surface area contributed by atoms with E-state index in [1.165, 1.54) is 44.6 Å². The molecule has 0 bridgehead atoms. The van der Waals surface area contributed by atoms with Crippen molar-refractivity contribution in [3.05, 3.63) is 39.9 Å². The van der Waals surface area contributed by atoms with Crippen molar-refractivity contribution >= 4 is 11.8 Å². The largest absolute Gasteiger partial charge is 0.441 e. The Kier molecular flexibility index (Phi) is 10.3. The Labute approximate surface area is 150 Å². The summed E-state index contributed by atoms with van der Waals surface area (Å²) in [6.45, 7) is 4.41. The van der Waals surface area contributed by atoms with Gasteiger partial charge >= 0.3 is 6.09 Å². The van der Waals surface area contributed by atoms with Gasteiger partial charge in [0.05, 0.1) is 10.5 Å². The smallest absolute Gasteiger partial charge is 0.407 e. The van der Waals surface area contributed by atoms with Gasteiger partial charge in [-0.1, -0.05) is 64.0 Å². The van der Waals surface area contributed by atoms with E-state index in [4.69, 9.17) is 4.74 Å². The lowest BCUT2D eigenvalue weighted by Gasteiger charge is -2.14. The summed E-state index contributed by atoms with van der Waals surface area (Å²) in [5, 5.41) is 13.7. The highest BCUT2D eigenvalue weighted by molar-refractivity contribution is 5.67. The van der Waals surface area contributed by atoms with E-state index in [-0.39, 0.29) is 5.69 Å². The maximum Gasteiger partial charge on any atom is 0.407 e. The number of alkyl carbamates (subject to hydrolysis) is 1. The molecule has 1 unspecified atom stereocenters. The molecule has 0 aromatic heterocycles. The molecule has 0 saturated carbocycles. The molecule has 0 aliphatic carbocycles. The van der Waals surface area contributed by atoms with Crippen LogP contribution in [0.4, 0.5) is 10.5 Å². The minimum Gasteiger partial charge on any atom is -0.441 e. The number of hydrogen-bond donors (Lipinski definition) is 1. The molecule has 6 heteroatoms. The van der Waals surface area contributed by atoms with Gasteiger partial charge in [-0.2, -0.15) is 0 Å². The fourth-order valence-corrected chi connectivity index (χ4v) is 2.71. The molecule has 6 nitrogen and oxygen atoms in total. The van der Waals surface area contributed by atoms with Crippen LogP contribution >= 0.6 is 0 Å². The first-order chi connectivity index (χ1) is 12.1. The number of carbonyl (C=O) groups is 1. The molecule has 0 aliphatic heterocycles. The topological polar surface area (TPSA) is 81.5 Å². The quantitative estimate of drug-likeness (QED) is 0.305. The SMILES string of the molecule is CCCCCCCCCCNC(=O)OC(C)c1ccccc1[N+](=O)[O-]. The van der Waals surface area contributed by atoms with Crippen molar-refractivity contribution in [2.24, 2.45) is 0 Å². The zero-order valence-electron chi connectivity index (χ0n) is 15.3.